The fourth-order valence-corrected chi connectivity index (χ4v) is 4.43. The maximum absolute atomic E-state index is 12.6. The first-order valence-electron chi connectivity index (χ1n) is 11.4. The van der Waals surface area contributed by atoms with Gasteiger partial charge in [0, 0.05) is 41.1 Å². The maximum atomic E-state index is 12.6. The van der Waals surface area contributed by atoms with Crippen LogP contribution >= 0.6 is 34.8 Å². The van der Waals surface area contributed by atoms with E-state index in [-0.39, 0.29) is 0 Å². The fourth-order valence-electron chi connectivity index (χ4n) is 3.87. The predicted octanol–water partition coefficient (Wildman–Crippen LogP) is 8.21. The third-order valence-electron chi connectivity index (χ3n) is 5.68. The van der Waals surface area contributed by atoms with E-state index in [9.17, 15) is 4.79 Å². The fraction of sp³-hybridized carbons (Fsp3) is 0.0357. The van der Waals surface area contributed by atoms with E-state index in [1.165, 1.54) is 0 Å². The number of pyridine rings is 1. The molecular formula is C28H20Cl3N5O2. The summed E-state index contributed by atoms with van der Waals surface area (Å²) in [6.07, 6.45) is 5.39. The highest BCUT2D eigenvalue weighted by molar-refractivity contribution is 6.42. The lowest BCUT2D eigenvalue weighted by Crippen LogP contribution is -2.19. The van der Waals surface area contributed by atoms with Gasteiger partial charge in [0.1, 0.15) is 11.4 Å². The highest BCUT2D eigenvalue weighted by Gasteiger charge is 2.16. The van der Waals surface area contributed by atoms with E-state index in [1.54, 1.807) is 48.5 Å². The topological polar surface area (TPSA) is 81.1 Å². The van der Waals surface area contributed by atoms with Crippen molar-refractivity contribution < 1.29 is 9.53 Å². The molecule has 0 fully saturated rings. The molecule has 0 bridgehead atoms. The number of urea groups is 1. The summed E-state index contributed by atoms with van der Waals surface area (Å²) >= 11 is 18.4. The minimum absolute atomic E-state index is 0.351. The third-order valence-corrected chi connectivity index (χ3v) is 6.71. The number of hydrogen-bond donors (Lipinski definition) is 2. The van der Waals surface area contributed by atoms with Gasteiger partial charge in [0.15, 0.2) is 0 Å². The molecule has 0 aliphatic carbocycles. The number of ether oxygens (including phenoxy) is 1. The molecule has 0 radical (unpaired) electrons. The van der Waals surface area contributed by atoms with E-state index < -0.39 is 6.03 Å². The number of methoxy groups -OCH3 is 1. The van der Waals surface area contributed by atoms with Crippen LogP contribution in [-0.2, 0) is 0 Å². The minimum Gasteiger partial charge on any atom is -0.495 e. The van der Waals surface area contributed by atoms with Gasteiger partial charge in [-0.25, -0.2) is 9.48 Å². The Kier molecular flexibility index (Phi) is 7.51. The Labute approximate surface area is 234 Å². The summed E-state index contributed by atoms with van der Waals surface area (Å²) in [5.41, 5.74) is 5.25. The monoisotopic (exact) mass is 563 g/mol. The maximum Gasteiger partial charge on any atom is 0.323 e. The van der Waals surface area contributed by atoms with Crippen molar-refractivity contribution >= 4 is 52.2 Å². The Balaban J connectivity index is 1.46. The molecule has 2 N–H and O–H groups in total. The second-order valence-corrected chi connectivity index (χ2v) is 9.40. The van der Waals surface area contributed by atoms with Gasteiger partial charge in [-0.2, -0.15) is 5.10 Å². The van der Waals surface area contributed by atoms with Crippen LogP contribution in [0.5, 0.6) is 5.75 Å². The summed E-state index contributed by atoms with van der Waals surface area (Å²) in [5, 5.41) is 11.7. The van der Waals surface area contributed by atoms with Gasteiger partial charge in [0.05, 0.1) is 27.9 Å². The molecule has 0 saturated heterocycles. The highest BCUT2D eigenvalue weighted by atomic mass is 35.5. The van der Waals surface area contributed by atoms with E-state index in [4.69, 9.17) is 44.6 Å². The Morgan fingerprint density at radius 1 is 0.816 bits per heavy atom. The van der Waals surface area contributed by atoms with Crippen LogP contribution in [0.2, 0.25) is 15.1 Å². The molecule has 0 unspecified atom stereocenters. The Bertz CT molecular complexity index is 1620. The van der Waals surface area contributed by atoms with Gasteiger partial charge in [0.25, 0.3) is 0 Å². The number of benzene rings is 3. The number of aromatic nitrogens is 3. The molecule has 3 aromatic carbocycles. The van der Waals surface area contributed by atoms with Gasteiger partial charge in [-0.3, -0.25) is 4.98 Å². The molecule has 2 heterocycles. The summed E-state index contributed by atoms with van der Waals surface area (Å²) < 4.78 is 7.06. The molecule has 5 rings (SSSR count). The van der Waals surface area contributed by atoms with Crippen LogP contribution in [-0.4, -0.2) is 27.9 Å². The molecule has 0 spiro atoms. The van der Waals surface area contributed by atoms with Crippen LogP contribution in [0.3, 0.4) is 0 Å². The summed E-state index contributed by atoms with van der Waals surface area (Å²) in [6.45, 7) is 0. The number of halogens is 3. The number of hydrogen-bond acceptors (Lipinski definition) is 4. The number of carbonyl (C=O) groups excluding carboxylic acids is 1. The van der Waals surface area contributed by atoms with Crippen molar-refractivity contribution in [1.82, 2.24) is 14.8 Å². The summed E-state index contributed by atoms with van der Waals surface area (Å²) in [5.74, 6) is 0.582. The molecule has 2 amide bonds. The van der Waals surface area contributed by atoms with Crippen molar-refractivity contribution in [3.8, 4) is 33.8 Å². The SMILES string of the molecule is COc1ccc(-c2nn(-c3cccc(NC(=O)Nc4ccc(Cl)c(Cl)c4)c3)cc2-c2ccncc2)cc1Cl. The summed E-state index contributed by atoms with van der Waals surface area (Å²) in [6, 6.07) is 21.2. The number of nitrogens with zero attached hydrogens (tertiary/aromatic N) is 3. The zero-order valence-corrected chi connectivity index (χ0v) is 22.2. The molecule has 0 aliphatic heterocycles. The average Bonchev–Trinajstić information content (AvgIpc) is 3.37. The smallest absolute Gasteiger partial charge is 0.323 e. The zero-order valence-electron chi connectivity index (χ0n) is 20.0. The van der Waals surface area contributed by atoms with E-state index >= 15 is 0 Å². The Morgan fingerprint density at radius 3 is 2.29 bits per heavy atom. The first-order chi connectivity index (χ1) is 18.4. The van der Waals surface area contributed by atoms with Gasteiger partial charge in [-0.05, 0) is 72.3 Å². The normalized spacial score (nSPS) is 10.7. The van der Waals surface area contributed by atoms with Crippen LogP contribution in [0.4, 0.5) is 16.2 Å². The van der Waals surface area contributed by atoms with Gasteiger partial charge in [-0.15, -0.1) is 0 Å². The molecule has 0 saturated carbocycles. The quantitative estimate of drug-likeness (QED) is 0.218. The van der Waals surface area contributed by atoms with Crippen molar-refractivity contribution in [3.05, 3.63) is 106 Å². The predicted molar refractivity (Wildman–Crippen MR) is 153 cm³/mol. The molecule has 2 aromatic heterocycles. The van der Waals surface area contributed by atoms with Crippen molar-refractivity contribution in [1.29, 1.82) is 0 Å². The number of anilines is 2. The number of carbonyl (C=O) groups is 1. The highest BCUT2D eigenvalue weighted by Crippen LogP contribution is 2.36. The van der Waals surface area contributed by atoms with Crippen molar-refractivity contribution in [2.24, 2.45) is 0 Å². The van der Waals surface area contributed by atoms with Gasteiger partial charge >= 0.3 is 6.03 Å². The zero-order chi connectivity index (χ0) is 26.6. The van der Waals surface area contributed by atoms with Gasteiger partial charge < -0.3 is 15.4 Å². The van der Waals surface area contributed by atoms with Crippen molar-refractivity contribution in [2.45, 2.75) is 0 Å². The minimum atomic E-state index is -0.424. The molecular weight excluding hydrogens is 545 g/mol. The molecule has 0 aliphatic rings. The van der Waals surface area contributed by atoms with Crippen LogP contribution in [0.15, 0.2) is 91.4 Å². The molecule has 38 heavy (non-hydrogen) atoms. The second-order valence-electron chi connectivity index (χ2n) is 8.18. The van der Waals surface area contributed by atoms with Crippen LogP contribution < -0.4 is 15.4 Å². The first kappa shape index (κ1) is 25.6. The molecule has 5 aromatic rings. The summed E-state index contributed by atoms with van der Waals surface area (Å²) in [4.78, 5) is 16.7. The Morgan fingerprint density at radius 2 is 1.58 bits per heavy atom. The molecule has 0 atom stereocenters. The number of nitrogens with one attached hydrogen (secondary N) is 2. The third kappa shape index (κ3) is 5.60. The van der Waals surface area contributed by atoms with Gasteiger partial charge in [0.2, 0.25) is 0 Å². The number of amides is 2. The first-order valence-corrected chi connectivity index (χ1v) is 12.5. The molecule has 190 valence electrons. The molecule has 10 heteroatoms. The standard InChI is InChI=1S/C28H20Cl3N5O2/c1-38-26-8-5-18(13-25(26)31)27-22(17-9-11-32-12-10-17)16-36(35-27)21-4-2-3-19(14-21)33-28(37)34-20-6-7-23(29)24(30)15-20/h2-16H,1H3,(H2,33,34,37). The largest absolute Gasteiger partial charge is 0.495 e. The van der Waals surface area contributed by atoms with Crippen molar-refractivity contribution in [3.63, 3.8) is 0 Å². The van der Waals surface area contributed by atoms with Crippen LogP contribution in [0.25, 0.3) is 28.1 Å². The lowest BCUT2D eigenvalue weighted by molar-refractivity contribution is 0.262. The average molecular weight is 565 g/mol. The molecule has 7 nitrogen and oxygen atoms in total. The lowest BCUT2D eigenvalue weighted by Gasteiger charge is -2.10. The van der Waals surface area contributed by atoms with Crippen LogP contribution in [0, 0.1) is 0 Å². The van der Waals surface area contributed by atoms with E-state index in [2.05, 4.69) is 15.6 Å². The van der Waals surface area contributed by atoms with E-state index in [0.717, 1.165) is 28.1 Å². The lowest BCUT2D eigenvalue weighted by atomic mass is 10.0. The van der Waals surface area contributed by atoms with Crippen molar-refractivity contribution in [2.75, 3.05) is 17.7 Å². The Hall–Kier alpha value is -4.04. The number of rotatable bonds is 6. The van der Waals surface area contributed by atoms with Crippen LogP contribution in [0.1, 0.15) is 0 Å². The van der Waals surface area contributed by atoms with E-state index in [1.807, 2.05) is 54.7 Å². The van der Waals surface area contributed by atoms with E-state index in [0.29, 0.717) is 32.2 Å². The summed E-state index contributed by atoms with van der Waals surface area (Å²) in [7, 11) is 1.57. The second kappa shape index (κ2) is 11.1. The van der Waals surface area contributed by atoms with Gasteiger partial charge in [-0.1, -0.05) is 40.9 Å².